The molecule has 3 nitrogen and oxygen atoms in total. The Morgan fingerprint density at radius 3 is 1.65 bits per heavy atom. The van der Waals surface area contributed by atoms with Gasteiger partial charge in [0.25, 0.3) is 0 Å². The third-order valence-electron chi connectivity index (χ3n) is 4.67. The van der Waals surface area contributed by atoms with Gasteiger partial charge >= 0.3 is 5.97 Å². The maximum absolute atomic E-state index is 11.0. The monoisotopic (exact) mass is 324 g/mol. The highest BCUT2D eigenvalue weighted by molar-refractivity contribution is 5.85. The van der Waals surface area contributed by atoms with Gasteiger partial charge in [0.15, 0.2) is 0 Å². The molecule has 0 fully saturated rings. The maximum Gasteiger partial charge on any atom is 0.333 e. The molecule has 1 atom stereocenters. The van der Waals surface area contributed by atoms with Gasteiger partial charge in [-0.05, 0) is 12.8 Å². The molecule has 1 heterocycles. The van der Waals surface area contributed by atoms with Gasteiger partial charge in [-0.3, -0.25) is 0 Å². The predicted molar refractivity (Wildman–Crippen MR) is 95.1 cm³/mol. The van der Waals surface area contributed by atoms with Crippen LogP contribution in [0.3, 0.4) is 0 Å². The lowest BCUT2D eigenvalue weighted by atomic mass is 10.0. The van der Waals surface area contributed by atoms with Gasteiger partial charge in [0, 0.05) is 11.6 Å². The van der Waals surface area contributed by atoms with Crippen molar-refractivity contribution in [3.63, 3.8) is 0 Å². The van der Waals surface area contributed by atoms with Gasteiger partial charge in [0.05, 0.1) is 0 Å². The van der Waals surface area contributed by atoms with Gasteiger partial charge in [-0.15, -0.1) is 0 Å². The standard InChI is InChI=1S/C20H36O3/c1-2-3-4-5-6-7-8-9-10-11-12-13-14-15-16-18-17-19(21)23-20(18)22/h17,20,22H,2-16H2,1H3. The van der Waals surface area contributed by atoms with Crippen LogP contribution in [-0.2, 0) is 9.53 Å². The largest absolute Gasteiger partial charge is 0.429 e. The first-order valence-electron chi connectivity index (χ1n) is 9.83. The number of hydrogen-bond acceptors (Lipinski definition) is 3. The summed E-state index contributed by atoms with van der Waals surface area (Å²) in [6.45, 7) is 2.27. The van der Waals surface area contributed by atoms with Crippen LogP contribution in [0.5, 0.6) is 0 Å². The number of rotatable bonds is 15. The number of carbonyl (C=O) groups excluding carboxylic acids is 1. The van der Waals surface area contributed by atoms with Crippen molar-refractivity contribution in [2.24, 2.45) is 0 Å². The molecule has 0 saturated carbocycles. The van der Waals surface area contributed by atoms with E-state index >= 15 is 0 Å². The van der Waals surface area contributed by atoms with Gasteiger partial charge in [0.1, 0.15) is 0 Å². The molecule has 0 aliphatic carbocycles. The van der Waals surface area contributed by atoms with E-state index in [4.69, 9.17) is 0 Å². The number of esters is 1. The van der Waals surface area contributed by atoms with E-state index in [1.165, 1.54) is 89.5 Å². The van der Waals surface area contributed by atoms with Crippen LogP contribution >= 0.6 is 0 Å². The van der Waals surface area contributed by atoms with Crippen molar-refractivity contribution in [1.82, 2.24) is 0 Å². The van der Waals surface area contributed by atoms with Crippen molar-refractivity contribution in [2.75, 3.05) is 0 Å². The zero-order valence-electron chi connectivity index (χ0n) is 15.0. The van der Waals surface area contributed by atoms with E-state index in [0.717, 1.165) is 18.4 Å². The lowest BCUT2D eigenvalue weighted by Crippen LogP contribution is -2.09. The molecule has 3 heteroatoms. The molecule has 23 heavy (non-hydrogen) atoms. The minimum atomic E-state index is -0.982. The Morgan fingerprint density at radius 1 is 0.826 bits per heavy atom. The van der Waals surface area contributed by atoms with E-state index in [9.17, 15) is 9.90 Å². The lowest BCUT2D eigenvalue weighted by molar-refractivity contribution is -0.151. The molecule has 1 unspecified atom stereocenters. The Morgan fingerprint density at radius 2 is 1.26 bits per heavy atom. The minimum Gasteiger partial charge on any atom is -0.429 e. The molecule has 134 valence electrons. The number of aliphatic hydroxyl groups is 1. The highest BCUT2D eigenvalue weighted by Crippen LogP contribution is 2.20. The van der Waals surface area contributed by atoms with Crippen molar-refractivity contribution in [1.29, 1.82) is 0 Å². The van der Waals surface area contributed by atoms with Crippen molar-refractivity contribution < 1.29 is 14.6 Å². The number of aliphatic hydroxyl groups excluding tert-OH is 1. The van der Waals surface area contributed by atoms with Crippen LogP contribution in [0.25, 0.3) is 0 Å². The third kappa shape index (κ3) is 10.5. The van der Waals surface area contributed by atoms with Crippen LogP contribution in [-0.4, -0.2) is 17.4 Å². The molecule has 0 aromatic heterocycles. The van der Waals surface area contributed by atoms with Crippen LogP contribution < -0.4 is 0 Å². The fourth-order valence-corrected chi connectivity index (χ4v) is 3.16. The molecule has 1 N–H and O–H groups in total. The van der Waals surface area contributed by atoms with Gasteiger partial charge < -0.3 is 9.84 Å². The van der Waals surface area contributed by atoms with E-state index < -0.39 is 12.3 Å². The molecule has 0 radical (unpaired) electrons. The molecule has 0 amide bonds. The highest BCUT2D eigenvalue weighted by atomic mass is 16.6. The fourth-order valence-electron chi connectivity index (χ4n) is 3.16. The van der Waals surface area contributed by atoms with Gasteiger partial charge in [0.2, 0.25) is 6.29 Å². The second-order valence-electron chi connectivity index (χ2n) is 6.85. The number of ether oxygens (including phenoxy) is 1. The summed E-state index contributed by atoms with van der Waals surface area (Å²) in [7, 11) is 0. The van der Waals surface area contributed by atoms with Crippen LogP contribution in [0.2, 0.25) is 0 Å². The van der Waals surface area contributed by atoms with Crippen LogP contribution in [0.15, 0.2) is 11.6 Å². The summed E-state index contributed by atoms with van der Waals surface area (Å²) >= 11 is 0. The number of cyclic esters (lactones) is 1. The van der Waals surface area contributed by atoms with E-state index in [0.29, 0.717) is 0 Å². The smallest absolute Gasteiger partial charge is 0.333 e. The first-order chi connectivity index (χ1) is 11.2. The maximum atomic E-state index is 11.0. The third-order valence-corrected chi connectivity index (χ3v) is 4.67. The normalized spacial score (nSPS) is 17.4. The molecule has 0 spiro atoms. The number of carbonyl (C=O) groups is 1. The summed E-state index contributed by atoms with van der Waals surface area (Å²) in [5.41, 5.74) is 0.744. The Balaban J connectivity index is 1.77. The minimum absolute atomic E-state index is 0.405. The molecule has 0 saturated heterocycles. The first kappa shape index (κ1) is 20.2. The number of unbranched alkanes of at least 4 members (excludes halogenated alkanes) is 13. The van der Waals surface area contributed by atoms with Crippen molar-refractivity contribution in [3.8, 4) is 0 Å². The zero-order chi connectivity index (χ0) is 16.8. The predicted octanol–water partition coefficient (Wildman–Crippen LogP) is 5.66. The summed E-state index contributed by atoms with van der Waals surface area (Å²) in [5, 5.41) is 9.45. The highest BCUT2D eigenvalue weighted by Gasteiger charge is 2.22. The second kappa shape index (κ2) is 13.6. The fraction of sp³-hybridized carbons (Fsp3) is 0.850. The van der Waals surface area contributed by atoms with E-state index in [1.54, 1.807) is 0 Å². The summed E-state index contributed by atoms with van der Waals surface area (Å²) in [6.07, 6.45) is 20.0. The molecule has 1 aliphatic rings. The zero-order valence-corrected chi connectivity index (χ0v) is 15.0. The van der Waals surface area contributed by atoms with E-state index in [2.05, 4.69) is 11.7 Å². The van der Waals surface area contributed by atoms with Crippen LogP contribution in [0.1, 0.15) is 103 Å². The Kier molecular flexibility index (Phi) is 11.9. The summed E-state index contributed by atoms with van der Waals surface area (Å²) < 4.78 is 4.67. The molecular weight excluding hydrogens is 288 g/mol. The molecule has 0 bridgehead atoms. The first-order valence-corrected chi connectivity index (χ1v) is 9.83. The molecule has 1 rings (SSSR count). The lowest BCUT2D eigenvalue weighted by Gasteiger charge is -2.07. The summed E-state index contributed by atoms with van der Waals surface area (Å²) in [5.74, 6) is -0.405. The molecular formula is C20H36O3. The molecule has 0 aromatic carbocycles. The van der Waals surface area contributed by atoms with Crippen LogP contribution in [0, 0.1) is 0 Å². The van der Waals surface area contributed by atoms with E-state index in [1.807, 2.05) is 0 Å². The Labute approximate surface area is 142 Å². The number of hydrogen-bond donors (Lipinski definition) is 1. The van der Waals surface area contributed by atoms with Crippen molar-refractivity contribution in [3.05, 3.63) is 11.6 Å². The SMILES string of the molecule is CCCCCCCCCCCCCCCCC1=CC(=O)OC1O. The van der Waals surface area contributed by atoms with Crippen molar-refractivity contribution >= 4 is 5.97 Å². The topological polar surface area (TPSA) is 46.5 Å². The average molecular weight is 325 g/mol. The molecule has 0 aromatic rings. The second-order valence-corrected chi connectivity index (χ2v) is 6.85. The Bertz CT molecular complexity index is 336. The summed E-state index contributed by atoms with van der Waals surface area (Å²) in [6, 6.07) is 0. The molecule has 1 aliphatic heterocycles. The van der Waals surface area contributed by atoms with Gasteiger partial charge in [-0.2, -0.15) is 0 Å². The Hall–Kier alpha value is -0.830. The van der Waals surface area contributed by atoms with Crippen LogP contribution in [0.4, 0.5) is 0 Å². The quantitative estimate of drug-likeness (QED) is 0.312. The average Bonchev–Trinajstić information content (AvgIpc) is 2.85. The van der Waals surface area contributed by atoms with Crippen molar-refractivity contribution in [2.45, 2.75) is 110 Å². The van der Waals surface area contributed by atoms with E-state index in [-0.39, 0.29) is 0 Å². The summed E-state index contributed by atoms with van der Waals surface area (Å²) in [4.78, 5) is 11.0. The van der Waals surface area contributed by atoms with Gasteiger partial charge in [-0.25, -0.2) is 4.79 Å². The van der Waals surface area contributed by atoms with Gasteiger partial charge in [-0.1, -0.05) is 90.4 Å².